The van der Waals surface area contributed by atoms with Gasteiger partial charge in [-0.25, -0.2) is 14.2 Å². The fourth-order valence-electron chi connectivity index (χ4n) is 5.45. The summed E-state index contributed by atoms with van der Waals surface area (Å²) < 4.78 is 47.2. The molecule has 2 heterocycles. The van der Waals surface area contributed by atoms with Crippen LogP contribution in [-0.4, -0.2) is 77.8 Å². The number of alkyl halides is 2. The summed E-state index contributed by atoms with van der Waals surface area (Å²) in [5.41, 5.74) is -0.907. The molecule has 0 radical (unpaired) electrons. The number of ether oxygens (including phenoxy) is 1. The summed E-state index contributed by atoms with van der Waals surface area (Å²) in [6.07, 6.45) is -0.0892. The summed E-state index contributed by atoms with van der Waals surface area (Å²) in [6.45, 7) is 2.14. The molecule has 1 N–H and O–H groups in total. The fourth-order valence-corrected chi connectivity index (χ4v) is 5.69. The van der Waals surface area contributed by atoms with E-state index in [1.807, 2.05) is 6.07 Å². The van der Waals surface area contributed by atoms with Crippen molar-refractivity contribution in [2.75, 3.05) is 36.2 Å². The van der Waals surface area contributed by atoms with Gasteiger partial charge in [-0.2, -0.15) is 5.26 Å². The Kier molecular flexibility index (Phi) is 12.4. The Hall–Kier alpha value is -5.16. The van der Waals surface area contributed by atoms with Crippen LogP contribution in [-0.2, 0) is 19.1 Å². The predicted molar refractivity (Wildman–Crippen MR) is 179 cm³/mol. The summed E-state index contributed by atoms with van der Waals surface area (Å²) in [5.74, 6) is -3.52. The summed E-state index contributed by atoms with van der Waals surface area (Å²) >= 11 is 6.60. The third-order valence-corrected chi connectivity index (χ3v) is 7.99. The third kappa shape index (κ3) is 9.09. The molecule has 0 saturated carbocycles. The van der Waals surface area contributed by atoms with E-state index >= 15 is 4.79 Å². The molecule has 2 aromatic carbocycles. The van der Waals surface area contributed by atoms with Crippen molar-refractivity contribution >= 4 is 46.9 Å². The molecule has 1 fully saturated rings. The van der Waals surface area contributed by atoms with Crippen molar-refractivity contribution in [3.05, 3.63) is 88.8 Å². The molecule has 2 atom stereocenters. The van der Waals surface area contributed by atoms with Gasteiger partial charge in [-0.3, -0.25) is 37.9 Å². The van der Waals surface area contributed by atoms with Crippen molar-refractivity contribution in [1.82, 2.24) is 15.2 Å². The highest BCUT2D eigenvalue weighted by atomic mass is 35.5. The molecule has 3 aromatic rings. The highest BCUT2D eigenvalue weighted by Gasteiger charge is 2.46. The van der Waals surface area contributed by atoms with Crippen LogP contribution in [0.3, 0.4) is 0 Å². The molecule has 50 heavy (non-hydrogen) atoms. The number of hydrogen-bond donors (Lipinski definition) is 1. The lowest BCUT2D eigenvalue weighted by Gasteiger charge is -2.43. The zero-order valence-corrected chi connectivity index (χ0v) is 28.4. The molecule has 264 valence electrons. The number of amides is 4. The number of nitriles is 1. The van der Waals surface area contributed by atoms with Crippen LogP contribution in [0.15, 0.2) is 66.9 Å². The van der Waals surface area contributed by atoms with Gasteiger partial charge in [0.15, 0.2) is 0 Å². The molecule has 11 nitrogen and oxygen atoms in total. The minimum atomic E-state index is -1.67. The van der Waals surface area contributed by atoms with Crippen molar-refractivity contribution in [2.24, 2.45) is 0 Å². The van der Waals surface area contributed by atoms with Crippen LogP contribution in [0.5, 0.6) is 0 Å². The Labute approximate surface area is 292 Å². The Bertz CT molecular complexity index is 1760. The zero-order chi connectivity index (χ0) is 36.6. The molecule has 1 aliphatic rings. The van der Waals surface area contributed by atoms with Gasteiger partial charge in [-0.05, 0) is 70.0 Å². The SMILES string of the molecule is CC(C)(C)OC(=O)N1CC(=O)N(c2cc(C#N)ccn2)[C@H](C(=O)N(c2cccc(F)c2)[C@H](C(=O)NC(CCF)CCF)c2ccccc2Cl)C1. The minimum Gasteiger partial charge on any atom is -0.444 e. The average molecular weight is 713 g/mol. The van der Waals surface area contributed by atoms with Gasteiger partial charge in [0.05, 0.1) is 31.5 Å². The third-order valence-electron chi connectivity index (χ3n) is 7.65. The highest BCUT2D eigenvalue weighted by Crippen LogP contribution is 2.35. The maximum absolute atomic E-state index is 15.1. The van der Waals surface area contributed by atoms with Crippen LogP contribution >= 0.6 is 11.6 Å². The Morgan fingerprint density at radius 2 is 1.80 bits per heavy atom. The molecule has 0 unspecified atom stereocenters. The molecule has 1 aliphatic heterocycles. The first kappa shape index (κ1) is 37.7. The number of anilines is 2. The van der Waals surface area contributed by atoms with E-state index in [0.717, 1.165) is 26.8 Å². The molecule has 1 aromatic heterocycles. The molecule has 0 spiro atoms. The topological polar surface area (TPSA) is 136 Å². The number of aromatic nitrogens is 1. The Balaban J connectivity index is 1.94. The molecule has 0 bridgehead atoms. The van der Waals surface area contributed by atoms with Crippen molar-refractivity contribution < 1.29 is 37.1 Å². The van der Waals surface area contributed by atoms with Gasteiger partial charge in [-0.15, -0.1) is 0 Å². The number of hydrogen-bond acceptors (Lipinski definition) is 7. The van der Waals surface area contributed by atoms with Crippen LogP contribution in [0.1, 0.15) is 50.8 Å². The lowest BCUT2D eigenvalue weighted by molar-refractivity contribution is -0.130. The van der Waals surface area contributed by atoms with Crippen LogP contribution in [0.25, 0.3) is 0 Å². The van der Waals surface area contributed by atoms with Gasteiger partial charge in [0.25, 0.3) is 5.91 Å². The number of carbonyl (C=O) groups excluding carboxylic acids is 4. The van der Waals surface area contributed by atoms with Crippen molar-refractivity contribution in [3.8, 4) is 6.07 Å². The van der Waals surface area contributed by atoms with Crippen LogP contribution < -0.4 is 15.1 Å². The average Bonchev–Trinajstić information content (AvgIpc) is 3.06. The highest BCUT2D eigenvalue weighted by molar-refractivity contribution is 6.31. The van der Waals surface area contributed by atoms with Crippen molar-refractivity contribution in [2.45, 2.75) is 57.3 Å². The second-order valence-electron chi connectivity index (χ2n) is 12.4. The first-order valence-corrected chi connectivity index (χ1v) is 16.1. The Morgan fingerprint density at radius 1 is 1.10 bits per heavy atom. The molecule has 15 heteroatoms. The van der Waals surface area contributed by atoms with Gasteiger partial charge >= 0.3 is 6.09 Å². The normalized spacial score (nSPS) is 15.3. The summed E-state index contributed by atoms with van der Waals surface area (Å²) in [5, 5.41) is 12.2. The monoisotopic (exact) mass is 712 g/mol. The summed E-state index contributed by atoms with van der Waals surface area (Å²) in [7, 11) is 0. The van der Waals surface area contributed by atoms with Gasteiger partial charge < -0.3 is 10.1 Å². The second kappa shape index (κ2) is 16.5. The predicted octanol–water partition coefficient (Wildman–Crippen LogP) is 5.68. The fraction of sp³-hybridized carbons (Fsp3) is 0.371. The molecule has 4 rings (SSSR count). The molecular weight excluding hydrogens is 677 g/mol. The van der Waals surface area contributed by atoms with E-state index in [4.69, 9.17) is 16.3 Å². The van der Waals surface area contributed by atoms with E-state index in [1.165, 1.54) is 42.6 Å². The van der Waals surface area contributed by atoms with Gasteiger partial charge in [0.2, 0.25) is 11.8 Å². The minimum absolute atomic E-state index is 0.0322. The summed E-state index contributed by atoms with van der Waals surface area (Å²) in [4.78, 5) is 63.7. The van der Waals surface area contributed by atoms with E-state index in [2.05, 4.69) is 10.3 Å². The van der Waals surface area contributed by atoms with Crippen molar-refractivity contribution in [1.29, 1.82) is 5.26 Å². The number of piperazine rings is 1. The smallest absolute Gasteiger partial charge is 0.410 e. The Morgan fingerprint density at radius 3 is 2.42 bits per heavy atom. The molecule has 0 aliphatic carbocycles. The van der Waals surface area contributed by atoms with Crippen LogP contribution in [0.2, 0.25) is 5.02 Å². The quantitative estimate of drug-likeness (QED) is 0.270. The van der Waals surface area contributed by atoms with Crippen LogP contribution in [0, 0.1) is 17.1 Å². The molecular formula is C35H36ClF3N6O5. The van der Waals surface area contributed by atoms with E-state index in [9.17, 15) is 32.8 Å². The lowest BCUT2D eigenvalue weighted by atomic mass is 9.99. The first-order chi connectivity index (χ1) is 23.8. The van der Waals surface area contributed by atoms with Gasteiger partial charge in [0, 0.05) is 28.5 Å². The van der Waals surface area contributed by atoms with E-state index in [0.29, 0.717) is 0 Å². The number of rotatable bonds is 11. The second-order valence-corrected chi connectivity index (χ2v) is 12.8. The van der Waals surface area contributed by atoms with Gasteiger partial charge in [0.1, 0.15) is 35.9 Å². The number of halogens is 4. The number of nitrogens with one attached hydrogen (secondary N) is 1. The van der Waals surface area contributed by atoms with E-state index < -0.39 is 79.8 Å². The largest absolute Gasteiger partial charge is 0.444 e. The maximum Gasteiger partial charge on any atom is 0.410 e. The summed E-state index contributed by atoms with van der Waals surface area (Å²) in [6, 6.07) is 11.2. The van der Waals surface area contributed by atoms with Crippen molar-refractivity contribution in [3.63, 3.8) is 0 Å². The molecule has 4 amide bonds. The van der Waals surface area contributed by atoms with E-state index in [1.54, 1.807) is 32.9 Å². The number of pyridine rings is 1. The molecule has 1 saturated heterocycles. The number of benzene rings is 2. The zero-order valence-electron chi connectivity index (χ0n) is 27.6. The lowest BCUT2D eigenvalue weighted by Crippen LogP contribution is -2.64. The van der Waals surface area contributed by atoms with E-state index in [-0.39, 0.29) is 40.5 Å². The standard InChI is InChI=1S/C35H36ClF3N6O5/c1-35(2,3)50-34(49)43-20-28(45(30(46)21-43)29-17-22(19-40)13-16-41-29)33(48)44(25-8-6-7-23(39)18-25)31(26-9-4-5-10-27(26)36)32(47)42-24(11-14-37)12-15-38/h4-10,13,16-18,24,28,31H,11-12,14-15,20-21H2,1-3H3,(H,42,47)/t28-,31-/m0/s1. The van der Waals surface area contributed by atoms with Gasteiger partial charge in [-0.1, -0.05) is 35.9 Å². The number of nitrogens with zero attached hydrogens (tertiary/aromatic N) is 5. The van der Waals surface area contributed by atoms with Crippen LogP contribution in [0.4, 0.5) is 29.5 Å². The maximum atomic E-state index is 15.1. The first-order valence-electron chi connectivity index (χ1n) is 15.7. The number of carbonyl (C=O) groups is 4.